The number of hydrogen-bond donors (Lipinski definition) is 4. The van der Waals surface area contributed by atoms with Crippen molar-refractivity contribution in [2.45, 2.75) is 18.9 Å². The number of nitrogens with one attached hydrogen (secondary N) is 1. The third-order valence-electron chi connectivity index (χ3n) is 2.69. The van der Waals surface area contributed by atoms with Crippen molar-refractivity contribution in [3.05, 3.63) is 23.8 Å². The lowest BCUT2D eigenvalue weighted by Crippen LogP contribution is -2.36. The molecule has 0 heterocycles. The predicted octanol–water partition coefficient (Wildman–Crippen LogP) is 0.783. The summed E-state index contributed by atoms with van der Waals surface area (Å²) in [5.41, 5.74) is 5.60. The number of carbonyl (C=O) groups excluding carboxylic acids is 1. The topological polar surface area (TPSA) is 122 Å². The normalized spacial score (nSPS) is 11.9. The van der Waals surface area contributed by atoms with E-state index in [9.17, 15) is 14.7 Å². The highest BCUT2D eigenvalue weighted by Gasteiger charge is 2.17. The zero-order chi connectivity index (χ0) is 15.1. The van der Waals surface area contributed by atoms with Crippen LogP contribution in [0, 0.1) is 0 Å². The van der Waals surface area contributed by atoms with Crippen LogP contribution in [0.1, 0.15) is 23.2 Å². The number of carboxylic acid groups (broad SMARTS) is 1. The Bertz CT molecular complexity index is 490. The highest BCUT2D eigenvalue weighted by molar-refractivity contribution is 6.02. The van der Waals surface area contributed by atoms with E-state index in [4.69, 9.17) is 15.6 Å². The molecule has 20 heavy (non-hydrogen) atoms. The predicted molar refractivity (Wildman–Crippen MR) is 72.8 cm³/mol. The lowest BCUT2D eigenvalue weighted by atomic mass is 10.1. The zero-order valence-electron chi connectivity index (χ0n) is 11.1. The van der Waals surface area contributed by atoms with Crippen molar-refractivity contribution in [2.75, 3.05) is 19.0 Å². The summed E-state index contributed by atoms with van der Waals surface area (Å²) in [5, 5.41) is 20.7. The van der Waals surface area contributed by atoms with Gasteiger partial charge in [0.2, 0.25) is 5.91 Å². The molecule has 0 bridgehead atoms. The maximum Gasteiger partial charge on any atom is 0.337 e. The summed E-state index contributed by atoms with van der Waals surface area (Å²) < 4.78 is 4.86. The van der Waals surface area contributed by atoms with E-state index in [0.717, 1.165) is 6.07 Å². The highest BCUT2D eigenvalue weighted by Crippen LogP contribution is 2.21. The van der Waals surface area contributed by atoms with Crippen LogP contribution in [-0.2, 0) is 9.53 Å². The Morgan fingerprint density at radius 1 is 1.45 bits per heavy atom. The molecule has 0 saturated heterocycles. The Morgan fingerprint density at radius 3 is 2.75 bits per heavy atom. The number of benzene rings is 1. The van der Waals surface area contributed by atoms with E-state index >= 15 is 0 Å². The van der Waals surface area contributed by atoms with Gasteiger partial charge in [0.15, 0.2) is 0 Å². The van der Waals surface area contributed by atoms with Crippen LogP contribution >= 0.6 is 0 Å². The number of carbonyl (C=O) groups is 2. The Balaban J connectivity index is 2.72. The third-order valence-corrected chi connectivity index (χ3v) is 2.69. The maximum atomic E-state index is 11.8. The molecule has 1 aromatic rings. The minimum Gasteiger partial charge on any atom is -0.508 e. The molecule has 110 valence electrons. The molecule has 0 fully saturated rings. The Kier molecular flexibility index (Phi) is 5.95. The number of aromatic hydroxyl groups is 1. The van der Waals surface area contributed by atoms with Gasteiger partial charge in [-0.2, -0.15) is 0 Å². The average Bonchev–Trinajstić information content (AvgIpc) is 2.40. The first-order valence-corrected chi connectivity index (χ1v) is 6.07. The van der Waals surface area contributed by atoms with Gasteiger partial charge in [-0.1, -0.05) is 0 Å². The number of hydrogen-bond acceptors (Lipinski definition) is 5. The summed E-state index contributed by atoms with van der Waals surface area (Å²) in [6.45, 7) is 0.501. The van der Waals surface area contributed by atoms with Crippen LogP contribution < -0.4 is 11.1 Å². The SMILES string of the molecule is COCCCC(N)C(=O)Nc1ccc(O)cc1C(=O)O. The lowest BCUT2D eigenvalue weighted by molar-refractivity contribution is -0.117. The molecule has 0 aliphatic rings. The van der Waals surface area contributed by atoms with Crippen LogP contribution in [-0.4, -0.2) is 41.8 Å². The maximum absolute atomic E-state index is 11.8. The van der Waals surface area contributed by atoms with Crippen molar-refractivity contribution in [3.63, 3.8) is 0 Å². The molecule has 0 spiro atoms. The second kappa shape index (κ2) is 7.46. The number of ether oxygens (including phenoxy) is 1. The number of phenolic OH excluding ortho intramolecular Hbond substituents is 1. The van der Waals surface area contributed by atoms with Crippen LogP contribution in [0.25, 0.3) is 0 Å². The second-order valence-corrected chi connectivity index (χ2v) is 4.27. The van der Waals surface area contributed by atoms with E-state index < -0.39 is 17.9 Å². The van der Waals surface area contributed by atoms with Crippen LogP contribution in [0.5, 0.6) is 5.75 Å². The summed E-state index contributed by atoms with van der Waals surface area (Å²) in [6, 6.07) is 2.92. The van der Waals surface area contributed by atoms with E-state index in [2.05, 4.69) is 5.32 Å². The zero-order valence-corrected chi connectivity index (χ0v) is 11.1. The highest BCUT2D eigenvalue weighted by atomic mass is 16.5. The fourth-order valence-corrected chi connectivity index (χ4v) is 1.62. The molecule has 1 unspecified atom stereocenters. The summed E-state index contributed by atoms with van der Waals surface area (Å²) in [5.74, 6) is -1.91. The smallest absolute Gasteiger partial charge is 0.337 e. The number of carboxylic acids is 1. The van der Waals surface area contributed by atoms with Crippen molar-refractivity contribution < 1.29 is 24.5 Å². The first-order valence-electron chi connectivity index (χ1n) is 6.07. The molecular weight excluding hydrogens is 264 g/mol. The van der Waals surface area contributed by atoms with Gasteiger partial charge in [0.25, 0.3) is 0 Å². The van der Waals surface area contributed by atoms with E-state index in [1.54, 1.807) is 7.11 Å². The minimum absolute atomic E-state index is 0.0995. The number of phenols is 1. The number of nitrogens with two attached hydrogens (primary N) is 1. The summed E-state index contributed by atoms with van der Waals surface area (Å²) in [4.78, 5) is 22.9. The van der Waals surface area contributed by atoms with Gasteiger partial charge in [0, 0.05) is 13.7 Å². The summed E-state index contributed by atoms with van der Waals surface area (Å²) in [7, 11) is 1.56. The molecule has 5 N–H and O–H groups in total. The molecule has 0 aliphatic carbocycles. The Labute approximate surface area is 116 Å². The quantitative estimate of drug-likeness (QED) is 0.433. The molecule has 1 amide bonds. The largest absolute Gasteiger partial charge is 0.508 e. The third kappa shape index (κ3) is 4.52. The first-order chi connectivity index (χ1) is 9.45. The average molecular weight is 282 g/mol. The molecule has 7 heteroatoms. The van der Waals surface area contributed by atoms with Gasteiger partial charge in [0.05, 0.1) is 17.3 Å². The lowest BCUT2D eigenvalue weighted by Gasteiger charge is -2.13. The van der Waals surface area contributed by atoms with E-state index in [1.165, 1.54) is 12.1 Å². The van der Waals surface area contributed by atoms with Gasteiger partial charge in [-0.25, -0.2) is 4.79 Å². The molecule has 0 aliphatic heterocycles. The number of methoxy groups -OCH3 is 1. The minimum atomic E-state index is -1.25. The molecule has 1 atom stereocenters. The number of amides is 1. The van der Waals surface area contributed by atoms with Gasteiger partial charge < -0.3 is 26.0 Å². The van der Waals surface area contributed by atoms with Crippen LogP contribution in [0.3, 0.4) is 0 Å². The van der Waals surface area contributed by atoms with Crippen molar-refractivity contribution in [1.29, 1.82) is 0 Å². The van der Waals surface area contributed by atoms with Crippen molar-refractivity contribution in [2.24, 2.45) is 5.73 Å². The van der Waals surface area contributed by atoms with Crippen LogP contribution in [0.4, 0.5) is 5.69 Å². The van der Waals surface area contributed by atoms with E-state index in [0.29, 0.717) is 19.4 Å². The fraction of sp³-hybridized carbons (Fsp3) is 0.385. The molecule has 1 rings (SSSR count). The monoisotopic (exact) mass is 282 g/mol. The summed E-state index contributed by atoms with van der Waals surface area (Å²) >= 11 is 0. The van der Waals surface area contributed by atoms with Crippen LogP contribution in [0.15, 0.2) is 18.2 Å². The molecule has 1 aromatic carbocycles. The van der Waals surface area contributed by atoms with E-state index in [-0.39, 0.29) is 17.0 Å². The van der Waals surface area contributed by atoms with Gasteiger partial charge >= 0.3 is 5.97 Å². The van der Waals surface area contributed by atoms with Gasteiger partial charge in [-0.3, -0.25) is 4.79 Å². The molecule has 0 aromatic heterocycles. The standard InChI is InChI=1S/C13H18N2O5/c1-20-6-2-3-10(14)12(17)15-11-5-4-8(16)7-9(11)13(18)19/h4-5,7,10,16H,2-3,6,14H2,1H3,(H,15,17)(H,18,19). The summed E-state index contributed by atoms with van der Waals surface area (Å²) in [6.07, 6.45) is 1.06. The van der Waals surface area contributed by atoms with Crippen molar-refractivity contribution in [1.82, 2.24) is 0 Å². The number of aromatic carboxylic acids is 1. The number of rotatable bonds is 7. The molecule has 0 saturated carbocycles. The number of anilines is 1. The second-order valence-electron chi connectivity index (χ2n) is 4.27. The Hall–Kier alpha value is -2.12. The molecular formula is C13H18N2O5. The van der Waals surface area contributed by atoms with E-state index in [1.807, 2.05) is 0 Å². The van der Waals surface area contributed by atoms with Crippen LogP contribution in [0.2, 0.25) is 0 Å². The first kappa shape index (κ1) is 15.9. The fourth-order valence-electron chi connectivity index (χ4n) is 1.62. The van der Waals surface area contributed by atoms with Crippen molar-refractivity contribution in [3.8, 4) is 5.75 Å². The van der Waals surface area contributed by atoms with Gasteiger partial charge in [0.1, 0.15) is 5.75 Å². The molecule has 0 radical (unpaired) electrons. The van der Waals surface area contributed by atoms with Gasteiger partial charge in [-0.15, -0.1) is 0 Å². The van der Waals surface area contributed by atoms with Crippen molar-refractivity contribution >= 4 is 17.6 Å². The molecule has 7 nitrogen and oxygen atoms in total. The van der Waals surface area contributed by atoms with Gasteiger partial charge in [-0.05, 0) is 31.0 Å². The Morgan fingerprint density at radius 2 is 2.15 bits per heavy atom.